The van der Waals surface area contributed by atoms with Gasteiger partial charge in [0.25, 0.3) is 0 Å². The molecular formula is C16H29N3OS. The summed E-state index contributed by atoms with van der Waals surface area (Å²) < 4.78 is 5.30. The summed E-state index contributed by atoms with van der Waals surface area (Å²) in [5.41, 5.74) is 1.31. The quantitative estimate of drug-likeness (QED) is 0.798. The molecular weight excluding hydrogens is 282 g/mol. The standard InChI is InChI=1S/C16H29N3OS/c1-5-12(6-2)19(10-11-20-4)16-18-14-9-7-8-13(17-3)15(14)21-16/h12-13,17H,5-11H2,1-4H3. The predicted molar refractivity (Wildman–Crippen MR) is 90.4 cm³/mol. The van der Waals surface area contributed by atoms with E-state index in [1.165, 1.54) is 28.5 Å². The lowest BCUT2D eigenvalue weighted by molar-refractivity contribution is 0.202. The Morgan fingerprint density at radius 1 is 1.43 bits per heavy atom. The van der Waals surface area contributed by atoms with Gasteiger partial charge in [0.05, 0.1) is 12.3 Å². The summed E-state index contributed by atoms with van der Waals surface area (Å²) in [5, 5.41) is 4.63. The van der Waals surface area contributed by atoms with Gasteiger partial charge in [0.2, 0.25) is 0 Å². The van der Waals surface area contributed by atoms with Crippen molar-refractivity contribution in [3.63, 3.8) is 0 Å². The zero-order valence-corrected chi connectivity index (χ0v) is 14.6. The Morgan fingerprint density at radius 2 is 2.19 bits per heavy atom. The Kier molecular flexibility index (Phi) is 6.45. The van der Waals surface area contributed by atoms with Crippen LogP contribution in [0.2, 0.25) is 0 Å². The molecule has 120 valence electrons. The van der Waals surface area contributed by atoms with Crippen LogP contribution in [0.25, 0.3) is 0 Å². The van der Waals surface area contributed by atoms with Gasteiger partial charge >= 0.3 is 0 Å². The number of nitrogens with zero attached hydrogens (tertiary/aromatic N) is 2. The number of nitrogens with one attached hydrogen (secondary N) is 1. The summed E-state index contributed by atoms with van der Waals surface area (Å²) in [4.78, 5) is 8.88. The van der Waals surface area contributed by atoms with Crippen LogP contribution in [0.4, 0.5) is 5.13 Å². The van der Waals surface area contributed by atoms with Gasteiger partial charge in [0, 0.05) is 30.6 Å². The van der Waals surface area contributed by atoms with Crippen molar-refractivity contribution in [1.82, 2.24) is 10.3 Å². The minimum atomic E-state index is 0.492. The number of anilines is 1. The summed E-state index contributed by atoms with van der Waals surface area (Å²) in [5.74, 6) is 0. The van der Waals surface area contributed by atoms with E-state index in [0.717, 1.165) is 32.4 Å². The predicted octanol–water partition coefficient (Wildman–Crippen LogP) is 3.38. The van der Waals surface area contributed by atoms with Crippen LogP contribution in [0.3, 0.4) is 0 Å². The number of ether oxygens (including phenoxy) is 1. The molecule has 5 heteroatoms. The molecule has 21 heavy (non-hydrogen) atoms. The maximum absolute atomic E-state index is 5.30. The summed E-state index contributed by atoms with van der Waals surface area (Å²) in [6.45, 7) is 6.21. The minimum Gasteiger partial charge on any atom is -0.383 e. The van der Waals surface area contributed by atoms with Crippen molar-refractivity contribution in [2.45, 2.75) is 58.0 Å². The van der Waals surface area contributed by atoms with Gasteiger partial charge in [-0.3, -0.25) is 0 Å². The fourth-order valence-electron chi connectivity index (χ4n) is 3.16. The zero-order valence-electron chi connectivity index (χ0n) is 13.8. The first-order valence-electron chi connectivity index (χ1n) is 8.17. The number of aromatic nitrogens is 1. The van der Waals surface area contributed by atoms with Gasteiger partial charge in [-0.2, -0.15) is 0 Å². The Balaban J connectivity index is 2.25. The van der Waals surface area contributed by atoms with Crippen molar-refractivity contribution in [3.8, 4) is 0 Å². The van der Waals surface area contributed by atoms with Gasteiger partial charge in [-0.1, -0.05) is 25.2 Å². The third-order valence-electron chi connectivity index (χ3n) is 4.45. The van der Waals surface area contributed by atoms with Crippen LogP contribution in [0.1, 0.15) is 56.1 Å². The zero-order chi connectivity index (χ0) is 15.2. The minimum absolute atomic E-state index is 0.492. The number of aryl methyl sites for hydroxylation is 1. The van der Waals surface area contributed by atoms with E-state index in [0.29, 0.717) is 12.1 Å². The first-order valence-corrected chi connectivity index (χ1v) is 8.99. The molecule has 1 unspecified atom stereocenters. The average molecular weight is 311 g/mol. The lowest BCUT2D eigenvalue weighted by atomic mass is 9.98. The molecule has 0 radical (unpaired) electrons. The summed E-state index contributed by atoms with van der Waals surface area (Å²) in [6, 6.07) is 1.05. The molecule has 0 spiro atoms. The van der Waals surface area contributed by atoms with E-state index in [9.17, 15) is 0 Å². The van der Waals surface area contributed by atoms with Crippen LogP contribution in [0, 0.1) is 0 Å². The molecule has 1 aliphatic rings. The summed E-state index contributed by atoms with van der Waals surface area (Å²) in [6.07, 6.45) is 5.91. The van der Waals surface area contributed by atoms with E-state index in [2.05, 4.69) is 31.1 Å². The molecule has 1 N–H and O–H groups in total. The van der Waals surface area contributed by atoms with Crippen LogP contribution < -0.4 is 10.2 Å². The van der Waals surface area contributed by atoms with Gasteiger partial charge in [0.15, 0.2) is 5.13 Å². The van der Waals surface area contributed by atoms with Crippen LogP contribution in [0.15, 0.2) is 0 Å². The van der Waals surface area contributed by atoms with Crippen molar-refractivity contribution < 1.29 is 4.74 Å². The largest absolute Gasteiger partial charge is 0.383 e. The molecule has 2 rings (SSSR count). The van der Waals surface area contributed by atoms with Gasteiger partial charge in [-0.15, -0.1) is 0 Å². The highest BCUT2D eigenvalue weighted by molar-refractivity contribution is 7.15. The lowest BCUT2D eigenvalue weighted by Crippen LogP contribution is -2.37. The number of hydrogen-bond donors (Lipinski definition) is 1. The Morgan fingerprint density at radius 3 is 2.81 bits per heavy atom. The molecule has 0 saturated heterocycles. The van der Waals surface area contributed by atoms with E-state index in [4.69, 9.17) is 9.72 Å². The molecule has 0 saturated carbocycles. The van der Waals surface area contributed by atoms with Crippen molar-refractivity contribution >= 4 is 16.5 Å². The highest BCUT2D eigenvalue weighted by atomic mass is 32.1. The number of thiazole rings is 1. The molecule has 1 aromatic rings. The third kappa shape index (κ3) is 3.76. The van der Waals surface area contributed by atoms with Crippen LogP contribution in [-0.4, -0.2) is 38.3 Å². The monoisotopic (exact) mass is 311 g/mol. The summed E-state index contributed by atoms with van der Waals surface area (Å²) in [7, 11) is 3.83. The molecule has 0 aliphatic heterocycles. The van der Waals surface area contributed by atoms with E-state index in [-0.39, 0.29) is 0 Å². The molecule has 1 atom stereocenters. The van der Waals surface area contributed by atoms with Crippen LogP contribution >= 0.6 is 11.3 Å². The molecule has 0 bridgehead atoms. The highest BCUT2D eigenvalue weighted by Crippen LogP contribution is 2.38. The Hall–Kier alpha value is -0.650. The van der Waals surface area contributed by atoms with Crippen molar-refractivity contribution in [3.05, 3.63) is 10.6 Å². The molecule has 1 aliphatic carbocycles. The SMILES string of the molecule is CCC(CC)N(CCOC)c1nc2c(s1)C(NC)CCC2. The van der Waals surface area contributed by atoms with Crippen molar-refractivity contribution in [2.24, 2.45) is 0 Å². The fraction of sp³-hybridized carbons (Fsp3) is 0.812. The lowest BCUT2D eigenvalue weighted by Gasteiger charge is -2.30. The fourth-order valence-corrected chi connectivity index (χ4v) is 4.51. The maximum atomic E-state index is 5.30. The molecule has 0 amide bonds. The number of methoxy groups -OCH3 is 1. The molecule has 1 aromatic heterocycles. The summed E-state index contributed by atoms with van der Waals surface area (Å²) >= 11 is 1.88. The smallest absolute Gasteiger partial charge is 0.186 e. The third-order valence-corrected chi connectivity index (χ3v) is 5.70. The molecule has 1 heterocycles. The Labute approximate surface area is 132 Å². The van der Waals surface area contributed by atoms with Gasteiger partial charge in [-0.25, -0.2) is 4.98 Å². The van der Waals surface area contributed by atoms with Crippen LogP contribution in [0.5, 0.6) is 0 Å². The normalized spacial score (nSPS) is 18.0. The van der Waals surface area contributed by atoms with Crippen LogP contribution in [-0.2, 0) is 11.2 Å². The number of hydrogen-bond acceptors (Lipinski definition) is 5. The average Bonchev–Trinajstić information content (AvgIpc) is 2.95. The van der Waals surface area contributed by atoms with Gasteiger partial charge < -0.3 is 15.0 Å². The first kappa shape index (κ1) is 16.7. The second-order valence-corrected chi connectivity index (χ2v) is 6.71. The number of rotatable bonds is 8. The van der Waals surface area contributed by atoms with E-state index in [1.807, 2.05) is 11.3 Å². The molecule has 0 fully saturated rings. The first-order chi connectivity index (χ1) is 10.2. The molecule has 0 aromatic carbocycles. The number of fused-ring (bicyclic) bond motifs is 1. The van der Waals surface area contributed by atoms with E-state index in [1.54, 1.807) is 7.11 Å². The molecule has 4 nitrogen and oxygen atoms in total. The highest BCUT2D eigenvalue weighted by Gasteiger charge is 2.26. The van der Waals surface area contributed by atoms with Crippen molar-refractivity contribution in [1.29, 1.82) is 0 Å². The van der Waals surface area contributed by atoms with Crippen molar-refractivity contribution in [2.75, 3.05) is 32.2 Å². The maximum Gasteiger partial charge on any atom is 0.186 e. The Bertz CT molecular complexity index is 431. The second-order valence-electron chi connectivity index (χ2n) is 5.70. The van der Waals surface area contributed by atoms with E-state index < -0.39 is 0 Å². The van der Waals surface area contributed by atoms with Gasteiger partial charge in [-0.05, 0) is 39.2 Å². The van der Waals surface area contributed by atoms with Gasteiger partial charge in [0.1, 0.15) is 0 Å². The second kappa shape index (κ2) is 8.11. The van der Waals surface area contributed by atoms with E-state index >= 15 is 0 Å². The topological polar surface area (TPSA) is 37.4 Å².